The van der Waals surface area contributed by atoms with Crippen LogP contribution < -0.4 is 11.3 Å². The topological polar surface area (TPSA) is 71.2 Å². The SMILES string of the molecule is NNc1ncc(CSc2ccccc2O)s1. The number of para-hydroxylation sites is 1. The molecule has 16 heavy (non-hydrogen) atoms. The van der Waals surface area contributed by atoms with Crippen LogP contribution in [0.25, 0.3) is 0 Å². The van der Waals surface area contributed by atoms with Gasteiger partial charge in [-0.25, -0.2) is 10.8 Å². The van der Waals surface area contributed by atoms with Crippen LogP contribution in [0.2, 0.25) is 0 Å². The molecular formula is C10H11N3OS2. The van der Waals surface area contributed by atoms with Gasteiger partial charge in [0.2, 0.25) is 0 Å². The fraction of sp³-hybridized carbons (Fsp3) is 0.100. The van der Waals surface area contributed by atoms with Gasteiger partial charge in [0.25, 0.3) is 0 Å². The van der Waals surface area contributed by atoms with Crippen LogP contribution in [-0.2, 0) is 5.75 Å². The highest BCUT2D eigenvalue weighted by Crippen LogP contribution is 2.32. The van der Waals surface area contributed by atoms with Crippen LogP contribution in [0.15, 0.2) is 35.4 Å². The van der Waals surface area contributed by atoms with Crippen molar-refractivity contribution in [3.63, 3.8) is 0 Å². The molecule has 1 heterocycles. The molecule has 0 atom stereocenters. The molecule has 2 rings (SSSR count). The van der Waals surface area contributed by atoms with Gasteiger partial charge in [0.1, 0.15) is 5.75 Å². The highest BCUT2D eigenvalue weighted by atomic mass is 32.2. The van der Waals surface area contributed by atoms with Crippen molar-refractivity contribution in [3.8, 4) is 5.75 Å². The maximum absolute atomic E-state index is 9.57. The van der Waals surface area contributed by atoms with Crippen LogP contribution in [-0.4, -0.2) is 10.1 Å². The summed E-state index contributed by atoms with van der Waals surface area (Å²) in [7, 11) is 0. The van der Waals surface area contributed by atoms with Gasteiger partial charge in [-0.15, -0.1) is 23.1 Å². The second-order valence-corrected chi connectivity index (χ2v) is 5.16. The van der Waals surface area contributed by atoms with Gasteiger partial charge in [0.15, 0.2) is 5.13 Å². The molecule has 84 valence electrons. The van der Waals surface area contributed by atoms with Gasteiger partial charge in [-0.2, -0.15) is 0 Å². The maximum atomic E-state index is 9.57. The number of aromatic hydroxyl groups is 1. The van der Waals surface area contributed by atoms with E-state index < -0.39 is 0 Å². The van der Waals surface area contributed by atoms with Crippen molar-refractivity contribution in [3.05, 3.63) is 35.3 Å². The number of nitrogens with two attached hydrogens (primary N) is 1. The summed E-state index contributed by atoms with van der Waals surface area (Å²) in [4.78, 5) is 6.06. The van der Waals surface area contributed by atoms with Gasteiger partial charge >= 0.3 is 0 Å². The third-order valence-electron chi connectivity index (χ3n) is 1.91. The minimum absolute atomic E-state index is 0.314. The highest BCUT2D eigenvalue weighted by molar-refractivity contribution is 7.98. The average Bonchev–Trinajstić information content (AvgIpc) is 2.76. The highest BCUT2D eigenvalue weighted by Gasteiger charge is 2.04. The minimum atomic E-state index is 0.314. The smallest absolute Gasteiger partial charge is 0.197 e. The lowest BCUT2D eigenvalue weighted by atomic mass is 10.3. The Balaban J connectivity index is 1.99. The Hall–Kier alpha value is -1.24. The zero-order chi connectivity index (χ0) is 11.4. The normalized spacial score (nSPS) is 10.3. The molecule has 0 bridgehead atoms. The van der Waals surface area contributed by atoms with Gasteiger partial charge in [-0.05, 0) is 12.1 Å². The van der Waals surface area contributed by atoms with E-state index in [1.807, 2.05) is 18.2 Å². The summed E-state index contributed by atoms with van der Waals surface area (Å²) >= 11 is 3.08. The van der Waals surface area contributed by atoms with Gasteiger partial charge in [0, 0.05) is 21.7 Å². The lowest BCUT2D eigenvalue weighted by molar-refractivity contribution is 0.462. The molecule has 0 fully saturated rings. The Bertz CT molecular complexity index is 473. The van der Waals surface area contributed by atoms with Gasteiger partial charge in [0.05, 0.1) is 0 Å². The lowest BCUT2D eigenvalue weighted by Crippen LogP contribution is -2.05. The molecule has 0 amide bonds. The first-order chi connectivity index (χ1) is 7.79. The second-order valence-electron chi connectivity index (χ2n) is 3.03. The first kappa shape index (κ1) is 11.3. The molecule has 0 saturated carbocycles. The number of rotatable bonds is 4. The molecule has 1 aromatic heterocycles. The predicted octanol–water partition coefficient (Wildman–Crippen LogP) is 2.43. The third kappa shape index (κ3) is 2.66. The fourth-order valence-corrected chi connectivity index (χ4v) is 2.86. The van der Waals surface area contributed by atoms with E-state index in [4.69, 9.17) is 5.84 Å². The molecule has 0 aliphatic rings. The molecule has 1 aromatic carbocycles. The van der Waals surface area contributed by atoms with Crippen LogP contribution in [0.5, 0.6) is 5.75 Å². The summed E-state index contributed by atoms with van der Waals surface area (Å²) in [6, 6.07) is 7.29. The summed E-state index contributed by atoms with van der Waals surface area (Å²) in [6.07, 6.45) is 1.78. The number of hydrazine groups is 1. The average molecular weight is 253 g/mol. The summed E-state index contributed by atoms with van der Waals surface area (Å²) < 4.78 is 0. The molecule has 0 saturated heterocycles. The van der Waals surface area contributed by atoms with Crippen molar-refractivity contribution < 1.29 is 5.11 Å². The second kappa shape index (κ2) is 5.20. The third-order valence-corrected chi connectivity index (χ3v) is 4.14. The van der Waals surface area contributed by atoms with Crippen molar-refractivity contribution in [1.29, 1.82) is 0 Å². The Morgan fingerprint density at radius 2 is 2.25 bits per heavy atom. The summed E-state index contributed by atoms with van der Waals surface area (Å²) in [5.74, 6) is 6.33. The number of anilines is 1. The lowest BCUT2D eigenvalue weighted by Gasteiger charge is -2.01. The number of nitrogen functional groups attached to an aromatic ring is 1. The number of thioether (sulfide) groups is 1. The van der Waals surface area contributed by atoms with Gasteiger partial charge in [-0.3, -0.25) is 5.43 Å². The largest absolute Gasteiger partial charge is 0.507 e. The minimum Gasteiger partial charge on any atom is -0.507 e. The standard InChI is InChI=1S/C10H11N3OS2/c11-13-10-12-5-7(16-10)6-15-9-4-2-1-3-8(9)14/h1-5,14H,6,11H2,(H,12,13). The Kier molecular flexibility index (Phi) is 3.66. The first-order valence-corrected chi connectivity index (χ1v) is 6.42. The van der Waals surface area contributed by atoms with Crippen LogP contribution in [0, 0.1) is 0 Å². The Morgan fingerprint density at radius 3 is 2.94 bits per heavy atom. The summed E-state index contributed by atoms with van der Waals surface area (Å²) in [5, 5.41) is 10.3. The van der Waals surface area contributed by atoms with E-state index in [0.29, 0.717) is 10.9 Å². The monoisotopic (exact) mass is 253 g/mol. The van der Waals surface area contributed by atoms with Crippen LogP contribution in [0.1, 0.15) is 4.88 Å². The Labute approximate surface area is 101 Å². The number of nitrogens with one attached hydrogen (secondary N) is 1. The van der Waals surface area contributed by atoms with Crippen molar-refractivity contribution in [2.75, 3.05) is 5.43 Å². The van der Waals surface area contributed by atoms with Gasteiger partial charge in [-0.1, -0.05) is 12.1 Å². The van der Waals surface area contributed by atoms with Crippen molar-refractivity contribution >= 4 is 28.2 Å². The van der Waals surface area contributed by atoms with Crippen molar-refractivity contribution in [2.45, 2.75) is 10.6 Å². The van der Waals surface area contributed by atoms with E-state index >= 15 is 0 Å². The molecule has 2 aromatic rings. The van der Waals surface area contributed by atoms with Crippen molar-refractivity contribution in [2.24, 2.45) is 5.84 Å². The van der Waals surface area contributed by atoms with E-state index in [9.17, 15) is 5.11 Å². The molecule has 0 aliphatic carbocycles. The molecular weight excluding hydrogens is 242 g/mol. The zero-order valence-electron chi connectivity index (χ0n) is 8.38. The number of phenols is 1. The fourth-order valence-electron chi connectivity index (χ4n) is 1.17. The van der Waals surface area contributed by atoms with Crippen LogP contribution in [0.3, 0.4) is 0 Å². The summed E-state index contributed by atoms with van der Waals surface area (Å²) in [5.41, 5.74) is 2.51. The number of hydrogen-bond donors (Lipinski definition) is 3. The quantitative estimate of drug-likeness (QED) is 0.443. The molecule has 4 nitrogen and oxygen atoms in total. The van der Waals surface area contributed by atoms with E-state index in [1.165, 1.54) is 11.3 Å². The number of aromatic nitrogens is 1. The van der Waals surface area contributed by atoms with E-state index in [0.717, 1.165) is 15.5 Å². The number of benzene rings is 1. The number of phenolic OH excluding ortho intramolecular Hbond substituents is 1. The van der Waals surface area contributed by atoms with E-state index in [-0.39, 0.29) is 0 Å². The predicted molar refractivity (Wildman–Crippen MR) is 67.6 cm³/mol. The molecule has 0 radical (unpaired) electrons. The number of nitrogens with zero attached hydrogens (tertiary/aromatic N) is 1. The zero-order valence-corrected chi connectivity index (χ0v) is 10.0. The molecule has 4 N–H and O–H groups in total. The van der Waals surface area contributed by atoms with Crippen LogP contribution >= 0.6 is 23.1 Å². The molecule has 0 spiro atoms. The summed E-state index contributed by atoms with van der Waals surface area (Å²) in [6.45, 7) is 0. The molecule has 0 unspecified atom stereocenters. The van der Waals surface area contributed by atoms with Gasteiger partial charge < -0.3 is 5.11 Å². The molecule has 6 heteroatoms. The van der Waals surface area contributed by atoms with E-state index in [1.54, 1.807) is 24.0 Å². The molecule has 0 aliphatic heterocycles. The van der Waals surface area contributed by atoms with Crippen molar-refractivity contribution in [1.82, 2.24) is 4.98 Å². The number of hydrogen-bond acceptors (Lipinski definition) is 6. The number of thiazole rings is 1. The first-order valence-electron chi connectivity index (χ1n) is 4.61. The van der Waals surface area contributed by atoms with E-state index in [2.05, 4.69) is 10.4 Å². The Morgan fingerprint density at radius 1 is 1.44 bits per heavy atom. The van der Waals surface area contributed by atoms with Crippen LogP contribution in [0.4, 0.5) is 5.13 Å². The maximum Gasteiger partial charge on any atom is 0.197 e.